The van der Waals surface area contributed by atoms with Crippen LogP contribution in [0.4, 0.5) is 0 Å². The Morgan fingerprint density at radius 2 is 2.04 bits per heavy atom. The summed E-state index contributed by atoms with van der Waals surface area (Å²) in [5.41, 5.74) is 0.632. The Hall–Kier alpha value is -1.59. The van der Waals surface area contributed by atoms with E-state index in [0.29, 0.717) is 25.3 Å². The minimum Gasteiger partial charge on any atom is -0.494 e. The van der Waals surface area contributed by atoms with Crippen LogP contribution in [-0.4, -0.2) is 37.6 Å². The van der Waals surface area contributed by atoms with Gasteiger partial charge in [0.15, 0.2) is 5.79 Å². The van der Waals surface area contributed by atoms with Crippen LogP contribution < -0.4 is 10.1 Å². The first-order valence-electron chi connectivity index (χ1n) is 9.04. The van der Waals surface area contributed by atoms with Crippen molar-refractivity contribution in [2.75, 3.05) is 19.8 Å². The van der Waals surface area contributed by atoms with E-state index >= 15 is 0 Å². The Kier molecular flexibility index (Phi) is 5.74. The zero-order valence-corrected chi connectivity index (χ0v) is 14.4. The van der Waals surface area contributed by atoms with Crippen molar-refractivity contribution in [2.45, 2.75) is 57.3 Å². The van der Waals surface area contributed by atoms with Crippen molar-refractivity contribution >= 4 is 5.91 Å². The lowest BCUT2D eigenvalue weighted by atomic mass is 10.2. The molecule has 1 heterocycles. The van der Waals surface area contributed by atoms with Crippen molar-refractivity contribution < 1.29 is 19.0 Å². The van der Waals surface area contributed by atoms with Crippen LogP contribution in [0.25, 0.3) is 0 Å². The van der Waals surface area contributed by atoms with Crippen LogP contribution in [0, 0.1) is 0 Å². The fraction of sp³-hybridized carbons (Fsp3) is 0.632. The number of nitrogens with one attached hydrogen (secondary N) is 1. The zero-order chi connectivity index (χ0) is 16.8. The summed E-state index contributed by atoms with van der Waals surface area (Å²) in [6.45, 7) is 3.88. The zero-order valence-electron chi connectivity index (χ0n) is 14.4. The smallest absolute Gasteiger partial charge is 0.251 e. The topological polar surface area (TPSA) is 56.8 Å². The molecule has 1 aliphatic carbocycles. The van der Waals surface area contributed by atoms with Gasteiger partial charge in [-0.1, -0.05) is 13.3 Å². The van der Waals surface area contributed by atoms with E-state index in [9.17, 15) is 4.79 Å². The number of carbonyl (C=O) groups excluding carboxylic acids is 1. The van der Waals surface area contributed by atoms with Gasteiger partial charge in [-0.3, -0.25) is 4.79 Å². The highest BCUT2D eigenvalue weighted by Crippen LogP contribution is 2.38. The molecule has 0 bridgehead atoms. The van der Waals surface area contributed by atoms with Gasteiger partial charge in [-0.25, -0.2) is 0 Å². The second kappa shape index (κ2) is 7.99. The number of benzene rings is 1. The van der Waals surface area contributed by atoms with Gasteiger partial charge in [0.05, 0.1) is 13.2 Å². The number of ether oxygens (including phenoxy) is 3. The van der Waals surface area contributed by atoms with E-state index in [1.54, 1.807) is 12.1 Å². The normalized spacial score (nSPS) is 22.0. The number of hydrogen-bond acceptors (Lipinski definition) is 4. The number of carbonyl (C=O) groups is 1. The maximum Gasteiger partial charge on any atom is 0.251 e. The predicted molar refractivity (Wildman–Crippen MR) is 91.2 cm³/mol. The molecule has 1 atom stereocenters. The van der Waals surface area contributed by atoms with Crippen molar-refractivity contribution in [2.24, 2.45) is 0 Å². The molecule has 24 heavy (non-hydrogen) atoms. The molecule has 1 aliphatic heterocycles. The molecule has 132 valence electrons. The lowest BCUT2D eigenvalue weighted by molar-refractivity contribution is -0.161. The molecule has 2 fully saturated rings. The first-order valence-corrected chi connectivity index (χ1v) is 9.04. The minimum absolute atomic E-state index is 0.0521. The summed E-state index contributed by atoms with van der Waals surface area (Å²) in [5, 5.41) is 2.93. The average Bonchev–Trinajstić information content (AvgIpc) is 3.23. The summed E-state index contributed by atoms with van der Waals surface area (Å²) in [7, 11) is 0. The van der Waals surface area contributed by atoms with E-state index in [1.807, 2.05) is 12.1 Å². The summed E-state index contributed by atoms with van der Waals surface area (Å²) >= 11 is 0. The molecule has 0 radical (unpaired) electrons. The van der Waals surface area contributed by atoms with E-state index in [4.69, 9.17) is 14.2 Å². The lowest BCUT2D eigenvalue weighted by Gasteiger charge is -2.21. The van der Waals surface area contributed by atoms with Crippen LogP contribution in [0.1, 0.15) is 55.8 Å². The third-order valence-corrected chi connectivity index (χ3v) is 4.65. The molecule has 1 spiro atoms. The fourth-order valence-corrected chi connectivity index (χ4v) is 3.24. The first-order chi connectivity index (χ1) is 11.7. The lowest BCUT2D eigenvalue weighted by Crippen LogP contribution is -2.35. The SMILES string of the molecule is CCCCOc1ccc(C(=O)NCC2COC3(CCCC3)O2)cc1. The Morgan fingerprint density at radius 1 is 1.29 bits per heavy atom. The first kappa shape index (κ1) is 17.2. The van der Waals surface area contributed by atoms with Gasteiger partial charge >= 0.3 is 0 Å². The minimum atomic E-state index is -0.368. The standard InChI is InChI=1S/C19H27NO4/c1-2-3-12-22-16-8-6-15(7-9-16)18(21)20-13-17-14-23-19(24-17)10-4-5-11-19/h6-9,17H,2-5,10-14H2,1H3,(H,20,21). The molecule has 2 aliphatic rings. The van der Waals surface area contributed by atoms with E-state index in [2.05, 4.69) is 12.2 Å². The van der Waals surface area contributed by atoms with Crippen molar-refractivity contribution in [1.82, 2.24) is 5.32 Å². The number of rotatable bonds is 7. The maximum absolute atomic E-state index is 12.2. The highest BCUT2D eigenvalue weighted by Gasteiger charge is 2.43. The van der Waals surface area contributed by atoms with Gasteiger partial charge in [-0.15, -0.1) is 0 Å². The summed E-state index contributed by atoms with van der Waals surface area (Å²) in [6.07, 6.45) is 6.34. The molecule has 3 rings (SSSR count). The molecule has 1 amide bonds. The molecule has 5 nitrogen and oxygen atoms in total. The van der Waals surface area contributed by atoms with E-state index in [1.165, 1.54) is 0 Å². The number of hydrogen-bond donors (Lipinski definition) is 1. The molecule has 1 saturated carbocycles. The van der Waals surface area contributed by atoms with Gasteiger partial charge in [0.25, 0.3) is 5.91 Å². The average molecular weight is 333 g/mol. The van der Waals surface area contributed by atoms with Gasteiger partial charge < -0.3 is 19.5 Å². The highest BCUT2D eigenvalue weighted by molar-refractivity contribution is 5.94. The maximum atomic E-state index is 12.2. The van der Waals surface area contributed by atoms with Gasteiger partial charge in [-0.05, 0) is 43.5 Å². The highest BCUT2D eigenvalue weighted by atomic mass is 16.7. The Morgan fingerprint density at radius 3 is 2.75 bits per heavy atom. The van der Waals surface area contributed by atoms with Crippen LogP contribution in [0.15, 0.2) is 24.3 Å². The largest absolute Gasteiger partial charge is 0.494 e. The predicted octanol–water partition coefficient (Wildman–Crippen LogP) is 3.28. The van der Waals surface area contributed by atoms with Crippen LogP contribution in [0.2, 0.25) is 0 Å². The van der Waals surface area contributed by atoms with Crippen LogP contribution in [0.5, 0.6) is 5.75 Å². The third kappa shape index (κ3) is 4.28. The fourth-order valence-electron chi connectivity index (χ4n) is 3.24. The van der Waals surface area contributed by atoms with Crippen molar-refractivity contribution in [3.8, 4) is 5.75 Å². The second-order valence-electron chi connectivity index (χ2n) is 6.61. The third-order valence-electron chi connectivity index (χ3n) is 4.65. The molecule has 1 aromatic rings. The number of unbranched alkanes of at least 4 members (excludes halogenated alkanes) is 1. The van der Waals surface area contributed by atoms with Crippen LogP contribution in [-0.2, 0) is 9.47 Å². The Bertz CT molecular complexity index is 537. The van der Waals surface area contributed by atoms with Crippen LogP contribution >= 0.6 is 0 Å². The quantitative estimate of drug-likeness (QED) is 0.778. The molecule has 1 unspecified atom stereocenters. The monoisotopic (exact) mass is 333 g/mol. The van der Waals surface area contributed by atoms with Crippen molar-refractivity contribution in [3.63, 3.8) is 0 Å². The molecule has 1 saturated heterocycles. The van der Waals surface area contributed by atoms with Crippen LogP contribution in [0.3, 0.4) is 0 Å². The summed E-state index contributed by atoms with van der Waals surface area (Å²) in [4.78, 5) is 12.2. The van der Waals surface area contributed by atoms with E-state index in [-0.39, 0.29) is 17.8 Å². The van der Waals surface area contributed by atoms with Gasteiger partial charge in [-0.2, -0.15) is 0 Å². The Labute approximate surface area is 143 Å². The molecule has 1 N–H and O–H groups in total. The van der Waals surface area contributed by atoms with E-state index < -0.39 is 0 Å². The molecular formula is C19H27NO4. The van der Waals surface area contributed by atoms with Crippen molar-refractivity contribution in [1.29, 1.82) is 0 Å². The van der Waals surface area contributed by atoms with Crippen molar-refractivity contribution in [3.05, 3.63) is 29.8 Å². The molecule has 5 heteroatoms. The van der Waals surface area contributed by atoms with Gasteiger partial charge in [0.2, 0.25) is 0 Å². The summed E-state index contributed by atoms with van der Waals surface area (Å²) < 4.78 is 17.4. The second-order valence-corrected chi connectivity index (χ2v) is 6.61. The Balaban J connectivity index is 1.43. The molecule has 1 aromatic carbocycles. The molecule has 0 aromatic heterocycles. The van der Waals surface area contributed by atoms with Gasteiger partial charge in [0, 0.05) is 24.9 Å². The van der Waals surface area contributed by atoms with Gasteiger partial charge in [0.1, 0.15) is 11.9 Å². The summed E-state index contributed by atoms with van der Waals surface area (Å²) in [5.74, 6) is 0.342. The summed E-state index contributed by atoms with van der Waals surface area (Å²) in [6, 6.07) is 7.27. The number of amides is 1. The molecular weight excluding hydrogens is 306 g/mol. The van der Waals surface area contributed by atoms with E-state index in [0.717, 1.165) is 44.3 Å².